The molecule has 0 spiro atoms. The predicted octanol–water partition coefficient (Wildman–Crippen LogP) is 3.69. The lowest BCUT2D eigenvalue weighted by Crippen LogP contribution is -2.54. The highest BCUT2D eigenvalue weighted by Gasteiger charge is 2.33. The maximum Gasteiger partial charge on any atom is 0.344 e. The van der Waals surface area contributed by atoms with Crippen LogP contribution in [-0.4, -0.2) is 47.3 Å². The lowest BCUT2D eigenvalue weighted by molar-refractivity contribution is -0.137. The van der Waals surface area contributed by atoms with Crippen LogP contribution in [0.15, 0.2) is 63.8 Å². The molecule has 1 saturated carbocycles. The highest BCUT2D eigenvalue weighted by Crippen LogP contribution is 2.26. The van der Waals surface area contributed by atoms with Crippen LogP contribution < -0.4 is 5.63 Å². The summed E-state index contributed by atoms with van der Waals surface area (Å²) in [5.74, 6) is -0.163. The largest absolute Gasteiger partial charge is 0.422 e. The van der Waals surface area contributed by atoms with Crippen LogP contribution in [0.1, 0.15) is 36.0 Å². The summed E-state index contributed by atoms with van der Waals surface area (Å²) in [5, 5.41) is 0.822. The Kier molecular flexibility index (Phi) is 5.06. The lowest BCUT2D eigenvalue weighted by Gasteiger charge is -2.37. The van der Waals surface area contributed by atoms with Crippen molar-refractivity contribution in [2.24, 2.45) is 0 Å². The third-order valence-corrected chi connectivity index (χ3v) is 6.37. The van der Waals surface area contributed by atoms with Gasteiger partial charge in [0, 0.05) is 30.1 Å². The standard InChI is InChI=1S/C25H24N2O4/c28-23-16-26(12-13-27(23)20-9-2-3-10-20)24(29)19-8-5-7-17(14-19)21-15-18-6-1-4-11-22(18)31-25(21)30/h1,4-8,11,14-15,20H,2-3,9-10,12-13,16H2. The quantitative estimate of drug-likeness (QED) is 0.611. The van der Waals surface area contributed by atoms with E-state index in [0.29, 0.717) is 41.4 Å². The van der Waals surface area contributed by atoms with E-state index < -0.39 is 5.63 Å². The molecule has 0 atom stereocenters. The van der Waals surface area contributed by atoms with Crippen molar-refractivity contribution in [2.45, 2.75) is 31.7 Å². The van der Waals surface area contributed by atoms with Gasteiger partial charge in [0.15, 0.2) is 0 Å². The van der Waals surface area contributed by atoms with Gasteiger partial charge in [-0.05, 0) is 42.7 Å². The third-order valence-electron chi connectivity index (χ3n) is 6.37. The number of para-hydroxylation sites is 1. The Morgan fingerprint density at radius 3 is 2.55 bits per heavy atom. The number of carbonyl (C=O) groups is 2. The van der Waals surface area contributed by atoms with Crippen molar-refractivity contribution in [3.63, 3.8) is 0 Å². The van der Waals surface area contributed by atoms with Crippen LogP contribution in [-0.2, 0) is 4.79 Å². The van der Waals surface area contributed by atoms with Crippen molar-refractivity contribution in [3.8, 4) is 11.1 Å². The SMILES string of the molecule is O=C(c1cccc(-c2cc3ccccc3oc2=O)c1)N1CCN(C2CCCC2)C(=O)C1. The maximum absolute atomic E-state index is 13.1. The molecule has 0 radical (unpaired) electrons. The van der Waals surface area contributed by atoms with E-state index in [-0.39, 0.29) is 18.4 Å². The summed E-state index contributed by atoms with van der Waals surface area (Å²) >= 11 is 0. The van der Waals surface area contributed by atoms with E-state index in [1.807, 2.05) is 23.1 Å². The molecule has 1 saturated heterocycles. The Morgan fingerprint density at radius 2 is 1.74 bits per heavy atom. The molecule has 2 aromatic carbocycles. The van der Waals surface area contributed by atoms with Gasteiger partial charge in [0.05, 0.1) is 5.56 Å². The van der Waals surface area contributed by atoms with Gasteiger partial charge in [0.2, 0.25) is 5.91 Å². The van der Waals surface area contributed by atoms with E-state index in [1.165, 1.54) is 12.8 Å². The zero-order valence-corrected chi connectivity index (χ0v) is 17.3. The molecular weight excluding hydrogens is 392 g/mol. The first-order valence-electron chi connectivity index (χ1n) is 10.8. The van der Waals surface area contributed by atoms with E-state index in [0.717, 1.165) is 18.2 Å². The Balaban J connectivity index is 1.38. The minimum absolute atomic E-state index is 0.0258. The minimum atomic E-state index is -0.441. The van der Waals surface area contributed by atoms with Crippen molar-refractivity contribution < 1.29 is 14.0 Å². The van der Waals surface area contributed by atoms with Gasteiger partial charge >= 0.3 is 5.63 Å². The first-order chi connectivity index (χ1) is 15.1. The van der Waals surface area contributed by atoms with Crippen LogP contribution in [0.3, 0.4) is 0 Å². The van der Waals surface area contributed by atoms with E-state index in [4.69, 9.17) is 4.42 Å². The molecule has 158 valence electrons. The van der Waals surface area contributed by atoms with Crippen LogP contribution in [0, 0.1) is 0 Å². The molecule has 1 aromatic heterocycles. The van der Waals surface area contributed by atoms with Crippen LogP contribution in [0.4, 0.5) is 0 Å². The summed E-state index contributed by atoms with van der Waals surface area (Å²) in [4.78, 5) is 41.8. The van der Waals surface area contributed by atoms with Gasteiger partial charge in [-0.25, -0.2) is 4.79 Å². The van der Waals surface area contributed by atoms with Crippen LogP contribution in [0.5, 0.6) is 0 Å². The van der Waals surface area contributed by atoms with Gasteiger partial charge in [0.1, 0.15) is 12.1 Å². The second-order valence-electron chi connectivity index (χ2n) is 8.32. The van der Waals surface area contributed by atoms with Crippen molar-refractivity contribution in [1.29, 1.82) is 0 Å². The van der Waals surface area contributed by atoms with Gasteiger partial charge in [-0.1, -0.05) is 43.2 Å². The van der Waals surface area contributed by atoms with Gasteiger partial charge in [0.25, 0.3) is 5.91 Å². The summed E-state index contributed by atoms with van der Waals surface area (Å²) in [6.45, 7) is 1.23. The highest BCUT2D eigenvalue weighted by molar-refractivity contribution is 5.98. The summed E-state index contributed by atoms with van der Waals surface area (Å²) in [6, 6.07) is 16.4. The van der Waals surface area contributed by atoms with E-state index >= 15 is 0 Å². The number of hydrogen-bond acceptors (Lipinski definition) is 4. The van der Waals surface area contributed by atoms with Crippen LogP contribution in [0.25, 0.3) is 22.1 Å². The Labute approximate surface area is 180 Å². The zero-order valence-electron chi connectivity index (χ0n) is 17.3. The van der Waals surface area contributed by atoms with Crippen LogP contribution >= 0.6 is 0 Å². The fraction of sp³-hybridized carbons (Fsp3) is 0.320. The Hall–Kier alpha value is -3.41. The zero-order chi connectivity index (χ0) is 21.4. The van der Waals surface area contributed by atoms with Crippen molar-refractivity contribution in [2.75, 3.05) is 19.6 Å². The number of carbonyl (C=O) groups excluding carboxylic acids is 2. The summed E-state index contributed by atoms with van der Waals surface area (Å²) in [5.41, 5.74) is 1.59. The molecule has 6 heteroatoms. The molecule has 1 aliphatic heterocycles. The van der Waals surface area contributed by atoms with Gasteiger partial charge in [-0.15, -0.1) is 0 Å². The third kappa shape index (κ3) is 3.74. The fourth-order valence-corrected chi connectivity index (χ4v) is 4.73. The topological polar surface area (TPSA) is 70.8 Å². The summed E-state index contributed by atoms with van der Waals surface area (Å²) in [7, 11) is 0. The van der Waals surface area contributed by atoms with Crippen LogP contribution in [0.2, 0.25) is 0 Å². The van der Waals surface area contributed by atoms with Gasteiger partial charge in [-0.2, -0.15) is 0 Å². The maximum atomic E-state index is 13.1. The lowest BCUT2D eigenvalue weighted by atomic mass is 10.0. The molecule has 5 rings (SSSR count). The molecule has 2 amide bonds. The van der Waals surface area contributed by atoms with E-state index in [9.17, 15) is 14.4 Å². The molecule has 3 aromatic rings. The molecule has 2 aliphatic rings. The number of nitrogens with zero attached hydrogens (tertiary/aromatic N) is 2. The van der Waals surface area contributed by atoms with Gasteiger partial charge < -0.3 is 14.2 Å². The molecule has 2 heterocycles. The molecule has 6 nitrogen and oxygen atoms in total. The molecule has 0 N–H and O–H groups in total. The van der Waals surface area contributed by atoms with Crippen molar-refractivity contribution in [3.05, 3.63) is 70.6 Å². The highest BCUT2D eigenvalue weighted by atomic mass is 16.4. The van der Waals surface area contributed by atoms with Crippen molar-refractivity contribution in [1.82, 2.24) is 9.80 Å². The molecule has 31 heavy (non-hydrogen) atoms. The van der Waals surface area contributed by atoms with E-state index in [2.05, 4.69) is 0 Å². The molecule has 0 bridgehead atoms. The summed E-state index contributed by atoms with van der Waals surface area (Å²) < 4.78 is 5.44. The number of rotatable bonds is 3. The normalized spacial score (nSPS) is 17.5. The smallest absolute Gasteiger partial charge is 0.344 e. The van der Waals surface area contributed by atoms with Crippen molar-refractivity contribution >= 4 is 22.8 Å². The number of hydrogen-bond donors (Lipinski definition) is 0. The summed E-state index contributed by atoms with van der Waals surface area (Å²) in [6.07, 6.45) is 4.48. The average molecular weight is 416 g/mol. The second-order valence-corrected chi connectivity index (χ2v) is 8.32. The second kappa shape index (κ2) is 8.02. The average Bonchev–Trinajstić information content (AvgIpc) is 3.33. The number of benzene rings is 2. The fourth-order valence-electron chi connectivity index (χ4n) is 4.73. The number of fused-ring (bicyclic) bond motifs is 1. The van der Waals surface area contributed by atoms with Gasteiger partial charge in [-0.3, -0.25) is 9.59 Å². The molecule has 1 aliphatic carbocycles. The molecule has 0 unspecified atom stereocenters. The molecule has 2 fully saturated rings. The Bertz CT molecular complexity index is 1210. The molecular formula is C25H24N2O4. The monoisotopic (exact) mass is 416 g/mol. The van der Waals surface area contributed by atoms with E-state index in [1.54, 1.807) is 41.3 Å². The predicted molar refractivity (Wildman–Crippen MR) is 118 cm³/mol. The number of amides is 2. The Morgan fingerprint density at radius 1 is 0.935 bits per heavy atom. The number of piperazine rings is 1. The first kappa shape index (κ1) is 19.5. The first-order valence-corrected chi connectivity index (χ1v) is 10.8. The minimum Gasteiger partial charge on any atom is -0.422 e.